The molecule has 1 amide bonds. The first-order chi connectivity index (χ1) is 8.81. The molecule has 0 spiro atoms. The third kappa shape index (κ3) is 1.82. The summed E-state index contributed by atoms with van der Waals surface area (Å²) in [7, 11) is 0. The molecule has 1 aromatic carbocycles. The molecule has 0 saturated carbocycles. The number of carbonyl (C=O) groups is 1. The Kier molecular flexibility index (Phi) is 3.06. The second kappa shape index (κ2) is 4.71. The SMILES string of the molecule is O=C(c1csc2ccccc12)N1CCC[C@H]1CO. The number of hydrogen-bond donors (Lipinski definition) is 1. The molecule has 2 heterocycles. The van der Waals surface area contributed by atoms with Crippen molar-refractivity contribution in [3.63, 3.8) is 0 Å². The number of thiophene rings is 1. The minimum atomic E-state index is -0.00355. The van der Waals surface area contributed by atoms with Gasteiger partial charge in [-0.25, -0.2) is 0 Å². The largest absolute Gasteiger partial charge is 0.394 e. The van der Waals surface area contributed by atoms with Crippen molar-refractivity contribution in [3.8, 4) is 0 Å². The maximum Gasteiger partial charge on any atom is 0.255 e. The van der Waals surface area contributed by atoms with Gasteiger partial charge in [0, 0.05) is 22.0 Å². The van der Waals surface area contributed by atoms with E-state index in [9.17, 15) is 9.90 Å². The van der Waals surface area contributed by atoms with Gasteiger partial charge in [-0.15, -0.1) is 11.3 Å². The zero-order chi connectivity index (χ0) is 12.5. The molecule has 2 aromatic rings. The average Bonchev–Trinajstić information content (AvgIpc) is 3.04. The van der Waals surface area contributed by atoms with Gasteiger partial charge < -0.3 is 10.0 Å². The van der Waals surface area contributed by atoms with Gasteiger partial charge >= 0.3 is 0 Å². The predicted molar refractivity (Wildman–Crippen MR) is 73.0 cm³/mol. The lowest BCUT2D eigenvalue weighted by Gasteiger charge is -2.22. The fraction of sp³-hybridized carbons (Fsp3) is 0.357. The topological polar surface area (TPSA) is 40.5 Å². The van der Waals surface area contributed by atoms with Crippen LogP contribution in [0.25, 0.3) is 10.1 Å². The highest BCUT2D eigenvalue weighted by Gasteiger charge is 2.29. The van der Waals surface area contributed by atoms with Crippen LogP contribution in [0.3, 0.4) is 0 Å². The fourth-order valence-corrected chi connectivity index (χ4v) is 3.53. The number of benzene rings is 1. The van der Waals surface area contributed by atoms with E-state index in [4.69, 9.17) is 0 Å². The van der Waals surface area contributed by atoms with E-state index in [1.54, 1.807) is 11.3 Å². The summed E-state index contributed by atoms with van der Waals surface area (Å²) in [4.78, 5) is 14.3. The van der Waals surface area contributed by atoms with E-state index >= 15 is 0 Å². The molecule has 1 N–H and O–H groups in total. The van der Waals surface area contributed by atoms with Crippen LogP contribution in [0.5, 0.6) is 0 Å². The highest BCUT2D eigenvalue weighted by atomic mass is 32.1. The van der Waals surface area contributed by atoms with Gasteiger partial charge in [-0.3, -0.25) is 4.79 Å². The van der Waals surface area contributed by atoms with Crippen LogP contribution in [-0.4, -0.2) is 35.1 Å². The van der Waals surface area contributed by atoms with E-state index in [1.807, 2.05) is 34.5 Å². The second-order valence-electron chi connectivity index (χ2n) is 4.62. The number of aliphatic hydroxyl groups is 1. The van der Waals surface area contributed by atoms with Crippen LogP contribution >= 0.6 is 11.3 Å². The van der Waals surface area contributed by atoms with Crippen LogP contribution in [-0.2, 0) is 0 Å². The van der Waals surface area contributed by atoms with Gasteiger partial charge in [0.25, 0.3) is 5.91 Å². The van der Waals surface area contributed by atoms with Crippen LogP contribution in [0.15, 0.2) is 29.6 Å². The van der Waals surface area contributed by atoms with Crippen molar-refractivity contribution < 1.29 is 9.90 Å². The fourth-order valence-electron chi connectivity index (χ4n) is 2.59. The molecule has 3 rings (SSSR count). The Balaban J connectivity index is 1.97. The molecule has 3 nitrogen and oxygen atoms in total. The Hall–Kier alpha value is -1.39. The Morgan fingerprint density at radius 1 is 1.44 bits per heavy atom. The van der Waals surface area contributed by atoms with Gasteiger partial charge in [0.2, 0.25) is 0 Å². The first-order valence-corrected chi connectivity index (χ1v) is 7.07. The van der Waals surface area contributed by atoms with Crippen molar-refractivity contribution in [2.45, 2.75) is 18.9 Å². The van der Waals surface area contributed by atoms with Crippen molar-refractivity contribution in [3.05, 3.63) is 35.2 Å². The summed E-state index contributed by atoms with van der Waals surface area (Å²) in [5.74, 6) is 0.0593. The molecular formula is C14H15NO2S. The maximum absolute atomic E-state index is 12.5. The molecular weight excluding hydrogens is 246 g/mol. The number of amides is 1. The lowest BCUT2D eigenvalue weighted by Crippen LogP contribution is -2.37. The van der Waals surface area contributed by atoms with E-state index in [1.165, 1.54) is 0 Å². The highest BCUT2D eigenvalue weighted by molar-refractivity contribution is 7.17. The van der Waals surface area contributed by atoms with Crippen molar-refractivity contribution >= 4 is 27.3 Å². The average molecular weight is 261 g/mol. The molecule has 1 fully saturated rings. The minimum Gasteiger partial charge on any atom is -0.394 e. The molecule has 1 saturated heterocycles. The quantitative estimate of drug-likeness (QED) is 0.902. The van der Waals surface area contributed by atoms with Crippen molar-refractivity contribution in [2.24, 2.45) is 0 Å². The van der Waals surface area contributed by atoms with Gasteiger partial charge in [0.05, 0.1) is 18.2 Å². The standard InChI is InChI=1S/C14H15NO2S/c16-8-10-4-3-7-15(10)14(17)12-9-18-13-6-2-1-5-11(12)13/h1-2,5-6,9-10,16H,3-4,7-8H2/t10-/m0/s1. The lowest BCUT2D eigenvalue weighted by atomic mass is 10.1. The number of carbonyl (C=O) groups excluding carboxylic acids is 1. The molecule has 1 aliphatic rings. The maximum atomic E-state index is 12.5. The number of fused-ring (bicyclic) bond motifs is 1. The summed E-state index contributed by atoms with van der Waals surface area (Å²) in [6.07, 6.45) is 1.89. The Morgan fingerprint density at radius 2 is 2.28 bits per heavy atom. The normalized spacial score (nSPS) is 19.6. The first-order valence-electron chi connectivity index (χ1n) is 6.19. The van der Waals surface area contributed by atoms with Crippen molar-refractivity contribution in [2.75, 3.05) is 13.2 Å². The van der Waals surface area contributed by atoms with E-state index in [-0.39, 0.29) is 18.6 Å². The monoisotopic (exact) mass is 261 g/mol. The van der Waals surface area contributed by atoms with Gasteiger partial charge in [-0.05, 0) is 18.9 Å². The number of likely N-dealkylation sites (tertiary alicyclic amines) is 1. The van der Waals surface area contributed by atoms with Gasteiger partial charge in [-0.2, -0.15) is 0 Å². The smallest absolute Gasteiger partial charge is 0.255 e. The van der Waals surface area contributed by atoms with Crippen molar-refractivity contribution in [1.29, 1.82) is 0 Å². The zero-order valence-corrected chi connectivity index (χ0v) is 10.8. The number of rotatable bonds is 2. The number of hydrogen-bond acceptors (Lipinski definition) is 3. The summed E-state index contributed by atoms with van der Waals surface area (Å²) in [5, 5.41) is 12.3. The van der Waals surface area contributed by atoms with Crippen LogP contribution in [0, 0.1) is 0 Å². The molecule has 0 unspecified atom stereocenters. The third-order valence-electron chi connectivity index (χ3n) is 3.56. The summed E-state index contributed by atoms with van der Waals surface area (Å²) in [6.45, 7) is 0.821. The Bertz CT molecular complexity index is 578. The molecule has 18 heavy (non-hydrogen) atoms. The summed E-state index contributed by atoms with van der Waals surface area (Å²) >= 11 is 1.60. The van der Waals surface area contributed by atoms with Gasteiger partial charge in [0.15, 0.2) is 0 Å². The third-order valence-corrected chi connectivity index (χ3v) is 4.52. The van der Waals surface area contributed by atoms with Crippen LogP contribution in [0.2, 0.25) is 0 Å². The highest BCUT2D eigenvalue weighted by Crippen LogP contribution is 2.28. The van der Waals surface area contributed by atoms with Crippen LogP contribution in [0.4, 0.5) is 0 Å². The predicted octanol–water partition coefficient (Wildman–Crippen LogP) is 2.50. The summed E-state index contributed by atoms with van der Waals surface area (Å²) in [6, 6.07) is 7.96. The van der Waals surface area contributed by atoms with Gasteiger partial charge in [0.1, 0.15) is 0 Å². The number of aliphatic hydroxyl groups excluding tert-OH is 1. The van der Waals surface area contributed by atoms with E-state index in [0.29, 0.717) is 0 Å². The van der Waals surface area contributed by atoms with Crippen LogP contribution in [0.1, 0.15) is 23.2 Å². The van der Waals surface area contributed by atoms with E-state index in [0.717, 1.165) is 35.0 Å². The second-order valence-corrected chi connectivity index (χ2v) is 5.53. The van der Waals surface area contributed by atoms with Crippen molar-refractivity contribution in [1.82, 2.24) is 4.90 Å². The first kappa shape index (κ1) is 11.7. The molecule has 0 bridgehead atoms. The molecule has 1 aliphatic heterocycles. The van der Waals surface area contributed by atoms with Crippen LogP contribution < -0.4 is 0 Å². The molecule has 1 atom stereocenters. The molecule has 94 valence electrons. The van der Waals surface area contributed by atoms with Gasteiger partial charge in [-0.1, -0.05) is 18.2 Å². The molecule has 4 heteroatoms. The molecule has 0 radical (unpaired) electrons. The molecule has 1 aromatic heterocycles. The Morgan fingerprint density at radius 3 is 3.11 bits per heavy atom. The number of nitrogens with zero attached hydrogens (tertiary/aromatic N) is 1. The summed E-state index contributed by atoms with van der Waals surface area (Å²) < 4.78 is 1.14. The summed E-state index contributed by atoms with van der Waals surface area (Å²) in [5.41, 5.74) is 0.774. The van der Waals surface area contributed by atoms with E-state index in [2.05, 4.69) is 0 Å². The minimum absolute atomic E-state index is 0.00355. The lowest BCUT2D eigenvalue weighted by molar-refractivity contribution is 0.0680. The molecule has 0 aliphatic carbocycles. The zero-order valence-electron chi connectivity index (χ0n) is 10.0. The Labute approximate surface area is 110 Å². The van der Waals surface area contributed by atoms with E-state index < -0.39 is 0 Å².